The number of allylic oxidation sites excluding steroid dienone is 1. The third-order valence-corrected chi connectivity index (χ3v) is 5.82. The Morgan fingerprint density at radius 3 is 2.44 bits per heavy atom. The Morgan fingerprint density at radius 2 is 1.81 bits per heavy atom. The van der Waals surface area contributed by atoms with Crippen LogP contribution in [0.2, 0.25) is 0 Å². The highest BCUT2D eigenvalue weighted by atomic mass is 16.2. The summed E-state index contributed by atoms with van der Waals surface area (Å²) in [5.74, 6) is -0.0678. The van der Waals surface area contributed by atoms with Crippen LogP contribution in [-0.2, 0) is 4.79 Å². The van der Waals surface area contributed by atoms with Gasteiger partial charge in [0.05, 0.1) is 17.1 Å². The van der Waals surface area contributed by atoms with Crippen LogP contribution in [0.3, 0.4) is 0 Å². The molecule has 0 aromatic heterocycles. The van der Waals surface area contributed by atoms with Crippen LogP contribution in [0.5, 0.6) is 0 Å². The van der Waals surface area contributed by atoms with Gasteiger partial charge in [0.25, 0.3) is 0 Å². The summed E-state index contributed by atoms with van der Waals surface area (Å²) in [6, 6.07) is 9.94. The van der Waals surface area contributed by atoms with Crippen LogP contribution in [0, 0.1) is 24.7 Å². The summed E-state index contributed by atoms with van der Waals surface area (Å²) in [7, 11) is 0. The number of hydrogen-bond acceptors (Lipinski definition) is 5. The topological polar surface area (TPSA) is 94.2 Å². The van der Waals surface area contributed by atoms with Crippen LogP contribution in [0.15, 0.2) is 36.4 Å². The number of nitrogens with zero attached hydrogens (tertiary/aromatic N) is 1. The van der Waals surface area contributed by atoms with Crippen molar-refractivity contribution in [2.24, 2.45) is 5.41 Å². The lowest BCUT2D eigenvalue weighted by Gasteiger charge is -2.32. The van der Waals surface area contributed by atoms with Gasteiger partial charge < -0.3 is 26.7 Å². The van der Waals surface area contributed by atoms with Gasteiger partial charge in [0.15, 0.2) is 0 Å². The van der Waals surface area contributed by atoms with E-state index in [2.05, 4.69) is 41.5 Å². The second-order valence-electron chi connectivity index (χ2n) is 9.49. The molecule has 0 saturated carbocycles. The molecule has 1 heterocycles. The van der Waals surface area contributed by atoms with E-state index in [1.54, 1.807) is 6.08 Å². The summed E-state index contributed by atoms with van der Waals surface area (Å²) in [5, 5.41) is 15.1. The Bertz CT molecular complexity index is 1040. The first-order valence-corrected chi connectivity index (χ1v) is 11.1. The lowest BCUT2D eigenvalue weighted by molar-refractivity contribution is -0.123. The number of carbonyl (C=O) groups is 1. The monoisotopic (exact) mass is 433 g/mol. The Hall–Kier alpha value is -3.12. The summed E-state index contributed by atoms with van der Waals surface area (Å²) in [6.07, 6.45) is 3.68. The zero-order chi connectivity index (χ0) is 23.5. The quantitative estimate of drug-likeness (QED) is 0.416. The summed E-state index contributed by atoms with van der Waals surface area (Å²) < 4.78 is 0. The molecule has 6 nitrogen and oxygen atoms in total. The van der Waals surface area contributed by atoms with Gasteiger partial charge in [-0.1, -0.05) is 45.0 Å². The molecule has 0 atom stereocenters. The average molecular weight is 434 g/mol. The Balaban J connectivity index is 1.95. The van der Waals surface area contributed by atoms with Gasteiger partial charge in [0.1, 0.15) is 0 Å². The number of hydrogen-bond donors (Lipinski definition) is 4. The molecule has 0 spiro atoms. The standard InChI is InChI=1S/C26H35N5O/c1-17-6-7-19(14-18(17)2)8-9-21(27)20-15-23(30-25(32)26(3,4)5)24(16-22(20)28)31-12-10-29-11-13-31/h6-9,14-16,27,29H,10-13,28H2,1-5H3,(H,30,32)/b9-8+,27-21?. The highest BCUT2D eigenvalue weighted by molar-refractivity contribution is 6.13. The number of carbonyl (C=O) groups excluding carboxylic acids is 1. The predicted octanol–water partition coefficient (Wildman–Crippen LogP) is 4.36. The fourth-order valence-electron chi connectivity index (χ4n) is 3.55. The molecule has 0 aliphatic carbocycles. The highest BCUT2D eigenvalue weighted by Crippen LogP contribution is 2.33. The molecule has 1 saturated heterocycles. The van der Waals surface area contributed by atoms with Crippen LogP contribution in [0.25, 0.3) is 6.08 Å². The smallest absolute Gasteiger partial charge is 0.229 e. The molecule has 1 aliphatic heterocycles. The van der Waals surface area contributed by atoms with Gasteiger partial charge in [-0.3, -0.25) is 4.79 Å². The number of nitrogens with two attached hydrogens (primary N) is 1. The number of rotatable bonds is 5. The van der Waals surface area contributed by atoms with Crippen LogP contribution < -0.4 is 21.3 Å². The minimum absolute atomic E-state index is 0.0678. The van der Waals surface area contributed by atoms with E-state index >= 15 is 0 Å². The number of anilines is 3. The van der Waals surface area contributed by atoms with Gasteiger partial charge in [-0.15, -0.1) is 0 Å². The molecule has 0 bridgehead atoms. The summed E-state index contributed by atoms with van der Waals surface area (Å²) in [6.45, 7) is 13.3. The van der Waals surface area contributed by atoms with Crippen LogP contribution in [0.1, 0.15) is 43.0 Å². The van der Waals surface area contributed by atoms with Crippen LogP contribution >= 0.6 is 0 Å². The third-order valence-electron chi connectivity index (χ3n) is 5.82. The van der Waals surface area contributed by atoms with Gasteiger partial charge in [0.2, 0.25) is 5.91 Å². The summed E-state index contributed by atoms with van der Waals surface area (Å²) >= 11 is 0. The first kappa shape index (κ1) is 23.5. The molecule has 6 heteroatoms. The number of nitrogen functional groups attached to an aromatic ring is 1. The normalized spacial score (nSPS) is 14.6. The molecule has 1 aliphatic rings. The maximum Gasteiger partial charge on any atom is 0.229 e. The minimum atomic E-state index is -0.529. The molecule has 0 unspecified atom stereocenters. The van der Waals surface area contributed by atoms with Gasteiger partial charge in [0, 0.05) is 42.8 Å². The van der Waals surface area contributed by atoms with E-state index in [4.69, 9.17) is 11.1 Å². The van der Waals surface area contributed by atoms with E-state index in [0.29, 0.717) is 22.6 Å². The van der Waals surface area contributed by atoms with Crippen molar-refractivity contribution in [1.82, 2.24) is 5.32 Å². The van der Waals surface area contributed by atoms with Crippen molar-refractivity contribution < 1.29 is 4.79 Å². The molecule has 5 N–H and O–H groups in total. The zero-order valence-corrected chi connectivity index (χ0v) is 19.8. The van der Waals surface area contributed by atoms with Crippen LogP contribution in [0.4, 0.5) is 17.1 Å². The van der Waals surface area contributed by atoms with Gasteiger partial charge in [-0.25, -0.2) is 0 Å². The molecule has 170 valence electrons. The van der Waals surface area contributed by atoms with Crippen molar-refractivity contribution >= 4 is 34.8 Å². The van der Waals surface area contributed by atoms with E-state index in [0.717, 1.165) is 37.4 Å². The number of benzene rings is 2. The fourth-order valence-corrected chi connectivity index (χ4v) is 3.55. The van der Waals surface area contributed by atoms with Gasteiger partial charge in [-0.2, -0.15) is 0 Å². The van der Waals surface area contributed by atoms with E-state index in [-0.39, 0.29) is 5.91 Å². The van der Waals surface area contributed by atoms with E-state index in [1.807, 2.05) is 45.0 Å². The van der Waals surface area contributed by atoms with Crippen LogP contribution in [-0.4, -0.2) is 37.8 Å². The lowest BCUT2D eigenvalue weighted by Crippen LogP contribution is -2.44. The van der Waals surface area contributed by atoms with Crippen molar-refractivity contribution in [3.05, 3.63) is 58.7 Å². The summed E-state index contributed by atoms with van der Waals surface area (Å²) in [5.41, 5.74) is 12.4. The van der Waals surface area contributed by atoms with Crippen molar-refractivity contribution in [3.8, 4) is 0 Å². The number of nitrogens with one attached hydrogen (secondary N) is 3. The van der Waals surface area contributed by atoms with E-state index in [1.165, 1.54) is 11.1 Å². The van der Waals surface area contributed by atoms with Gasteiger partial charge >= 0.3 is 0 Å². The molecule has 32 heavy (non-hydrogen) atoms. The molecule has 0 radical (unpaired) electrons. The van der Waals surface area contributed by atoms with Crippen molar-refractivity contribution in [2.75, 3.05) is 42.1 Å². The number of aryl methyl sites for hydroxylation is 2. The molecular weight excluding hydrogens is 398 g/mol. The maximum atomic E-state index is 12.8. The maximum absolute atomic E-state index is 12.8. The largest absolute Gasteiger partial charge is 0.398 e. The van der Waals surface area contributed by atoms with E-state index in [9.17, 15) is 4.79 Å². The fraction of sp³-hybridized carbons (Fsp3) is 0.385. The second kappa shape index (κ2) is 9.57. The minimum Gasteiger partial charge on any atom is -0.398 e. The molecular formula is C26H35N5O. The first-order valence-electron chi connectivity index (χ1n) is 11.1. The molecule has 2 aromatic rings. The summed E-state index contributed by atoms with van der Waals surface area (Å²) in [4.78, 5) is 15.0. The SMILES string of the molecule is Cc1ccc(/C=C/C(=N)c2cc(NC(=O)C(C)(C)C)c(N3CCNCC3)cc2N)cc1C. The Morgan fingerprint density at radius 1 is 1.12 bits per heavy atom. The van der Waals surface area contributed by atoms with Crippen molar-refractivity contribution in [3.63, 3.8) is 0 Å². The van der Waals surface area contributed by atoms with Crippen molar-refractivity contribution in [2.45, 2.75) is 34.6 Å². The average Bonchev–Trinajstić information content (AvgIpc) is 2.75. The molecule has 1 fully saturated rings. The Labute approximate surface area is 191 Å². The van der Waals surface area contributed by atoms with E-state index < -0.39 is 5.41 Å². The number of amides is 1. The Kier molecular flexibility index (Phi) is 7.04. The third kappa shape index (κ3) is 5.56. The molecule has 2 aromatic carbocycles. The number of piperazine rings is 1. The van der Waals surface area contributed by atoms with Gasteiger partial charge in [-0.05, 0) is 48.7 Å². The lowest BCUT2D eigenvalue weighted by atomic mass is 9.95. The molecule has 1 amide bonds. The first-order chi connectivity index (χ1) is 15.1. The predicted molar refractivity (Wildman–Crippen MR) is 136 cm³/mol. The second-order valence-corrected chi connectivity index (χ2v) is 9.49. The molecule has 3 rings (SSSR count). The highest BCUT2D eigenvalue weighted by Gasteiger charge is 2.24. The zero-order valence-electron chi connectivity index (χ0n) is 19.8. The van der Waals surface area contributed by atoms with Crippen molar-refractivity contribution in [1.29, 1.82) is 5.41 Å².